The molecule has 21 heavy (non-hydrogen) atoms. The molecule has 0 spiro atoms. The van der Waals surface area contributed by atoms with Crippen molar-refractivity contribution < 1.29 is 9.59 Å². The second-order valence-electron chi connectivity index (χ2n) is 4.37. The van der Waals surface area contributed by atoms with E-state index < -0.39 is 0 Å². The molecule has 5 heteroatoms. The number of imide groups is 1. The van der Waals surface area contributed by atoms with Gasteiger partial charge in [0, 0.05) is 4.47 Å². The number of carbonyl (C=O) groups excluding carboxylic acids is 2. The number of carbonyl (C=O) groups is 2. The molecule has 1 aliphatic rings. The lowest BCUT2D eigenvalue weighted by molar-refractivity contribution is -0.113. The first-order valence-electron chi connectivity index (χ1n) is 6.24. The summed E-state index contributed by atoms with van der Waals surface area (Å²) >= 11 is 4.39. The van der Waals surface area contributed by atoms with Gasteiger partial charge in [-0.15, -0.1) is 0 Å². The predicted octanol–water partition coefficient (Wildman–Crippen LogP) is 4.69. The Morgan fingerprint density at radius 2 is 1.62 bits per heavy atom. The fourth-order valence-corrected chi connectivity index (χ4v) is 3.23. The fourth-order valence-electron chi connectivity index (χ4n) is 2.00. The zero-order valence-electron chi connectivity index (χ0n) is 10.8. The lowest BCUT2D eigenvalue weighted by Crippen LogP contribution is -2.27. The normalized spacial score (nSPS) is 16.8. The molecule has 0 atom stereocenters. The van der Waals surface area contributed by atoms with E-state index in [0.29, 0.717) is 10.6 Å². The maximum atomic E-state index is 12.4. The summed E-state index contributed by atoms with van der Waals surface area (Å²) < 4.78 is 0.886. The molecule has 3 nitrogen and oxygen atoms in total. The van der Waals surface area contributed by atoms with E-state index in [-0.39, 0.29) is 11.1 Å². The largest absolute Gasteiger partial charge is 0.298 e. The number of halogens is 1. The van der Waals surface area contributed by atoms with Gasteiger partial charge >= 0.3 is 0 Å². The van der Waals surface area contributed by atoms with Crippen LogP contribution in [0.4, 0.5) is 10.5 Å². The Bertz CT molecular complexity index is 743. The lowest BCUT2D eigenvalue weighted by atomic mass is 10.2. The third-order valence-electron chi connectivity index (χ3n) is 3.00. The average Bonchev–Trinajstić information content (AvgIpc) is 2.77. The summed E-state index contributed by atoms with van der Waals surface area (Å²) in [5, 5.41) is -0.274. The molecular weight excluding hydrogens is 350 g/mol. The molecule has 0 aliphatic carbocycles. The molecule has 0 bridgehead atoms. The second-order valence-corrected chi connectivity index (χ2v) is 6.22. The maximum Gasteiger partial charge on any atom is 0.298 e. The van der Waals surface area contributed by atoms with E-state index in [1.165, 1.54) is 4.90 Å². The van der Waals surface area contributed by atoms with Gasteiger partial charge in [0.15, 0.2) is 0 Å². The highest BCUT2D eigenvalue weighted by Gasteiger charge is 2.36. The van der Waals surface area contributed by atoms with Crippen molar-refractivity contribution in [3.05, 3.63) is 69.5 Å². The quantitative estimate of drug-likeness (QED) is 0.729. The van der Waals surface area contributed by atoms with Crippen molar-refractivity contribution in [2.24, 2.45) is 0 Å². The maximum absolute atomic E-state index is 12.4. The van der Waals surface area contributed by atoms with Crippen LogP contribution in [0.5, 0.6) is 0 Å². The third kappa shape index (κ3) is 2.80. The zero-order chi connectivity index (χ0) is 14.8. The Morgan fingerprint density at radius 1 is 0.952 bits per heavy atom. The number of amides is 2. The lowest BCUT2D eigenvalue weighted by Gasteiger charge is -2.11. The van der Waals surface area contributed by atoms with E-state index in [0.717, 1.165) is 21.8 Å². The molecule has 104 valence electrons. The van der Waals surface area contributed by atoms with Gasteiger partial charge in [0.25, 0.3) is 11.1 Å². The van der Waals surface area contributed by atoms with Crippen LogP contribution < -0.4 is 4.90 Å². The van der Waals surface area contributed by atoms with Gasteiger partial charge in [0.05, 0.1) is 10.6 Å². The Kier molecular flexibility index (Phi) is 3.94. The van der Waals surface area contributed by atoms with Crippen LogP contribution in [0.25, 0.3) is 6.08 Å². The summed E-state index contributed by atoms with van der Waals surface area (Å²) in [4.78, 5) is 26.1. The van der Waals surface area contributed by atoms with Crippen molar-refractivity contribution in [2.45, 2.75) is 0 Å². The van der Waals surface area contributed by atoms with E-state index in [9.17, 15) is 9.59 Å². The van der Waals surface area contributed by atoms with Crippen LogP contribution in [-0.4, -0.2) is 11.1 Å². The van der Waals surface area contributed by atoms with Gasteiger partial charge in [-0.1, -0.05) is 52.3 Å². The SMILES string of the molecule is O=C1S/C(=C/c2ccccc2Br)C(=O)N1c1ccccc1. The molecule has 1 heterocycles. The van der Waals surface area contributed by atoms with Crippen molar-refractivity contribution in [1.82, 2.24) is 0 Å². The van der Waals surface area contributed by atoms with Gasteiger partial charge in [-0.25, -0.2) is 4.90 Å². The van der Waals surface area contributed by atoms with Crippen LogP contribution in [0, 0.1) is 0 Å². The number of thioether (sulfide) groups is 1. The van der Waals surface area contributed by atoms with Gasteiger partial charge in [-0.2, -0.15) is 0 Å². The van der Waals surface area contributed by atoms with Gasteiger partial charge in [0.1, 0.15) is 0 Å². The van der Waals surface area contributed by atoms with Gasteiger partial charge in [0.2, 0.25) is 0 Å². The van der Waals surface area contributed by atoms with E-state index in [1.807, 2.05) is 30.3 Å². The predicted molar refractivity (Wildman–Crippen MR) is 89.0 cm³/mol. The first-order chi connectivity index (χ1) is 10.2. The topological polar surface area (TPSA) is 37.4 Å². The molecule has 2 aromatic carbocycles. The Balaban J connectivity index is 1.96. The minimum Gasteiger partial charge on any atom is -0.268 e. The van der Waals surface area contributed by atoms with Crippen LogP contribution in [0.2, 0.25) is 0 Å². The molecule has 0 radical (unpaired) electrons. The first kappa shape index (κ1) is 14.1. The first-order valence-corrected chi connectivity index (χ1v) is 7.85. The van der Waals surface area contributed by atoms with Gasteiger partial charge in [-0.3, -0.25) is 9.59 Å². The number of hydrogen-bond donors (Lipinski definition) is 0. The highest BCUT2D eigenvalue weighted by molar-refractivity contribution is 9.10. The summed E-state index contributed by atoms with van der Waals surface area (Å²) in [6.45, 7) is 0. The number of hydrogen-bond acceptors (Lipinski definition) is 3. The smallest absolute Gasteiger partial charge is 0.268 e. The van der Waals surface area contributed by atoms with Gasteiger partial charge < -0.3 is 0 Å². The highest BCUT2D eigenvalue weighted by atomic mass is 79.9. The average molecular weight is 360 g/mol. The standard InChI is InChI=1S/C16H10BrNO2S/c17-13-9-5-4-6-11(13)10-14-15(19)18(16(20)21-14)12-7-2-1-3-8-12/h1-10H/b14-10+. The molecule has 2 aromatic rings. The summed E-state index contributed by atoms with van der Waals surface area (Å²) in [7, 11) is 0. The fraction of sp³-hybridized carbons (Fsp3) is 0. The Hall–Kier alpha value is -1.85. The van der Waals surface area contributed by atoms with Crippen LogP contribution in [-0.2, 0) is 4.79 Å². The Morgan fingerprint density at radius 3 is 2.33 bits per heavy atom. The molecule has 1 aliphatic heterocycles. The minimum atomic E-state index is -0.285. The molecule has 0 saturated carbocycles. The van der Waals surface area contributed by atoms with E-state index in [1.54, 1.807) is 30.3 Å². The number of benzene rings is 2. The third-order valence-corrected chi connectivity index (χ3v) is 4.59. The molecule has 0 aromatic heterocycles. The van der Waals surface area contributed by atoms with Crippen molar-refractivity contribution >= 4 is 50.6 Å². The van der Waals surface area contributed by atoms with Crippen LogP contribution in [0.3, 0.4) is 0 Å². The minimum absolute atomic E-state index is 0.274. The summed E-state index contributed by atoms with van der Waals surface area (Å²) in [5.41, 5.74) is 1.46. The molecule has 1 saturated heterocycles. The van der Waals surface area contributed by atoms with E-state index in [4.69, 9.17) is 0 Å². The molecule has 0 unspecified atom stereocenters. The van der Waals surface area contributed by atoms with Crippen molar-refractivity contribution in [3.63, 3.8) is 0 Å². The summed E-state index contributed by atoms with van der Waals surface area (Å²) in [6.07, 6.45) is 1.73. The molecular formula is C16H10BrNO2S. The summed E-state index contributed by atoms with van der Waals surface area (Å²) in [5.74, 6) is -0.285. The van der Waals surface area contributed by atoms with Crippen LogP contribution in [0.1, 0.15) is 5.56 Å². The number of para-hydroxylation sites is 1. The van der Waals surface area contributed by atoms with Crippen molar-refractivity contribution in [1.29, 1.82) is 0 Å². The summed E-state index contributed by atoms with van der Waals surface area (Å²) in [6, 6.07) is 16.5. The monoisotopic (exact) mass is 359 g/mol. The molecule has 1 fully saturated rings. The highest BCUT2D eigenvalue weighted by Crippen LogP contribution is 2.36. The number of anilines is 1. The number of rotatable bonds is 2. The number of nitrogens with zero attached hydrogens (tertiary/aromatic N) is 1. The van der Waals surface area contributed by atoms with Crippen LogP contribution >= 0.6 is 27.7 Å². The molecule has 0 N–H and O–H groups in total. The Labute approximate surface area is 134 Å². The van der Waals surface area contributed by atoms with E-state index in [2.05, 4.69) is 15.9 Å². The van der Waals surface area contributed by atoms with Gasteiger partial charge in [-0.05, 0) is 41.6 Å². The molecule has 3 rings (SSSR count). The van der Waals surface area contributed by atoms with E-state index >= 15 is 0 Å². The molecule has 2 amide bonds. The second kappa shape index (κ2) is 5.87. The van der Waals surface area contributed by atoms with Crippen molar-refractivity contribution in [2.75, 3.05) is 4.90 Å². The van der Waals surface area contributed by atoms with Crippen LogP contribution in [0.15, 0.2) is 64.0 Å². The zero-order valence-corrected chi connectivity index (χ0v) is 13.2. The van der Waals surface area contributed by atoms with Crippen molar-refractivity contribution in [3.8, 4) is 0 Å².